The number of nitrogens with zero attached hydrogens (tertiary/aromatic N) is 2. The van der Waals surface area contributed by atoms with Gasteiger partial charge in [0.25, 0.3) is 0 Å². The van der Waals surface area contributed by atoms with Crippen molar-refractivity contribution in [2.45, 2.75) is 19.6 Å². The number of aromatic nitrogens is 2. The van der Waals surface area contributed by atoms with Crippen LogP contribution in [0, 0.1) is 6.92 Å². The fourth-order valence-electron chi connectivity index (χ4n) is 3.38. The number of rotatable bonds is 3. The van der Waals surface area contributed by atoms with Crippen molar-refractivity contribution in [2.75, 3.05) is 0 Å². The molecule has 142 valence electrons. The predicted molar refractivity (Wildman–Crippen MR) is 102 cm³/mol. The van der Waals surface area contributed by atoms with Gasteiger partial charge >= 0.3 is 6.18 Å². The lowest BCUT2D eigenvalue weighted by molar-refractivity contribution is -0.138. The second kappa shape index (κ2) is 6.71. The SMILES string of the molecule is Cc1cccc(-c2nc3ccc(O)cc3n2Cc2ccccc2C(F)(F)F)c1. The molecule has 0 saturated heterocycles. The first-order chi connectivity index (χ1) is 13.3. The van der Waals surface area contributed by atoms with E-state index in [0.29, 0.717) is 16.9 Å². The zero-order valence-corrected chi connectivity index (χ0v) is 15.0. The second-order valence-corrected chi connectivity index (χ2v) is 6.72. The predicted octanol–water partition coefficient (Wildman–Crippen LogP) is 5.78. The lowest BCUT2D eigenvalue weighted by Crippen LogP contribution is -2.12. The van der Waals surface area contributed by atoms with E-state index in [2.05, 4.69) is 4.98 Å². The zero-order valence-electron chi connectivity index (χ0n) is 15.0. The minimum absolute atomic E-state index is 0.0150. The van der Waals surface area contributed by atoms with Crippen molar-refractivity contribution in [1.82, 2.24) is 9.55 Å². The van der Waals surface area contributed by atoms with E-state index in [4.69, 9.17) is 0 Å². The Balaban J connectivity index is 1.94. The van der Waals surface area contributed by atoms with Crippen molar-refractivity contribution in [3.63, 3.8) is 0 Å². The van der Waals surface area contributed by atoms with Crippen LogP contribution in [0.3, 0.4) is 0 Å². The molecule has 3 aromatic carbocycles. The Hall–Kier alpha value is -3.28. The molecule has 0 radical (unpaired) electrons. The number of aromatic hydroxyl groups is 1. The van der Waals surface area contributed by atoms with Crippen molar-refractivity contribution in [2.24, 2.45) is 0 Å². The molecule has 0 aliphatic heterocycles. The Morgan fingerprint density at radius 2 is 1.75 bits per heavy atom. The van der Waals surface area contributed by atoms with Crippen LogP contribution >= 0.6 is 0 Å². The van der Waals surface area contributed by atoms with Gasteiger partial charge in [0.2, 0.25) is 0 Å². The largest absolute Gasteiger partial charge is 0.508 e. The van der Waals surface area contributed by atoms with Gasteiger partial charge in [0.1, 0.15) is 11.6 Å². The molecule has 0 fully saturated rings. The summed E-state index contributed by atoms with van der Waals surface area (Å²) >= 11 is 0. The molecule has 4 aromatic rings. The maximum absolute atomic E-state index is 13.5. The molecule has 0 unspecified atom stereocenters. The van der Waals surface area contributed by atoms with Crippen LogP contribution in [0.4, 0.5) is 13.2 Å². The summed E-state index contributed by atoms with van der Waals surface area (Å²) in [5.74, 6) is 0.592. The highest BCUT2D eigenvalue weighted by molar-refractivity contribution is 5.82. The summed E-state index contributed by atoms with van der Waals surface area (Å²) in [6.07, 6.45) is -4.45. The normalized spacial score (nSPS) is 11.9. The number of imidazole rings is 1. The van der Waals surface area contributed by atoms with Gasteiger partial charge in [0.05, 0.1) is 23.1 Å². The summed E-state index contributed by atoms with van der Waals surface area (Å²) in [5, 5.41) is 9.91. The molecular weight excluding hydrogens is 365 g/mol. The van der Waals surface area contributed by atoms with Gasteiger partial charge in [-0.25, -0.2) is 4.98 Å². The first kappa shape index (κ1) is 18.1. The summed E-state index contributed by atoms with van der Waals surface area (Å²) < 4.78 is 42.1. The molecule has 4 rings (SSSR count). The van der Waals surface area contributed by atoms with Gasteiger partial charge < -0.3 is 9.67 Å². The smallest absolute Gasteiger partial charge is 0.416 e. The van der Waals surface area contributed by atoms with Gasteiger partial charge in [-0.15, -0.1) is 0 Å². The number of aryl methyl sites for hydroxylation is 1. The van der Waals surface area contributed by atoms with Crippen molar-refractivity contribution in [3.8, 4) is 17.1 Å². The molecule has 0 spiro atoms. The van der Waals surface area contributed by atoms with Crippen molar-refractivity contribution in [3.05, 3.63) is 83.4 Å². The van der Waals surface area contributed by atoms with Crippen LogP contribution in [0.15, 0.2) is 66.7 Å². The zero-order chi connectivity index (χ0) is 19.9. The Morgan fingerprint density at radius 1 is 0.964 bits per heavy atom. The van der Waals surface area contributed by atoms with Gasteiger partial charge in [-0.05, 0) is 36.8 Å². The van der Waals surface area contributed by atoms with E-state index in [-0.39, 0.29) is 17.9 Å². The average Bonchev–Trinajstić information content (AvgIpc) is 2.99. The summed E-state index contributed by atoms with van der Waals surface area (Å²) in [4.78, 5) is 4.62. The Bertz CT molecular complexity index is 1160. The van der Waals surface area contributed by atoms with Gasteiger partial charge in [-0.3, -0.25) is 0 Å². The number of phenols is 1. The van der Waals surface area contributed by atoms with Crippen molar-refractivity contribution >= 4 is 11.0 Å². The first-order valence-electron chi connectivity index (χ1n) is 8.74. The van der Waals surface area contributed by atoms with E-state index < -0.39 is 11.7 Å². The van der Waals surface area contributed by atoms with Crippen molar-refractivity contribution < 1.29 is 18.3 Å². The van der Waals surface area contributed by atoms with E-state index in [1.807, 2.05) is 31.2 Å². The molecule has 1 N–H and O–H groups in total. The number of halogens is 3. The second-order valence-electron chi connectivity index (χ2n) is 6.72. The number of fused-ring (bicyclic) bond motifs is 1. The molecule has 0 saturated carbocycles. The highest BCUT2D eigenvalue weighted by Gasteiger charge is 2.33. The maximum atomic E-state index is 13.5. The molecule has 28 heavy (non-hydrogen) atoms. The van der Waals surface area contributed by atoms with Crippen LogP contribution in [-0.2, 0) is 12.7 Å². The van der Waals surface area contributed by atoms with E-state index in [9.17, 15) is 18.3 Å². The van der Waals surface area contributed by atoms with Crippen LogP contribution in [0.1, 0.15) is 16.7 Å². The molecule has 0 atom stereocenters. The minimum atomic E-state index is -4.45. The molecular formula is C22H17F3N2O. The van der Waals surface area contributed by atoms with E-state index in [1.165, 1.54) is 24.3 Å². The van der Waals surface area contributed by atoms with E-state index in [0.717, 1.165) is 17.2 Å². The Kier molecular flexibility index (Phi) is 4.34. The molecule has 3 nitrogen and oxygen atoms in total. The third-order valence-electron chi connectivity index (χ3n) is 4.66. The number of hydrogen-bond acceptors (Lipinski definition) is 2. The molecule has 1 aromatic heterocycles. The number of hydrogen-bond donors (Lipinski definition) is 1. The van der Waals surface area contributed by atoms with Crippen LogP contribution < -0.4 is 0 Å². The molecule has 0 aliphatic rings. The monoisotopic (exact) mass is 382 g/mol. The minimum Gasteiger partial charge on any atom is -0.508 e. The van der Waals surface area contributed by atoms with Gasteiger partial charge in [0.15, 0.2) is 0 Å². The lowest BCUT2D eigenvalue weighted by atomic mass is 10.1. The van der Waals surface area contributed by atoms with Crippen LogP contribution in [0.2, 0.25) is 0 Å². The highest BCUT2D eigenvalue weighted by Crippen LogP contribution is 2.34. The number of benzene rings is 3. The standard InChI is InChI=1S/C22H17F3N2O/c1-14-5-4-7-15(11-14)21-26-19-10-9-17(28)12-20(19)27(21)13-16-6-2-3-8-18(16)22(23,24)25/h2-12,28H,13H2,1H3. The van der Waals surface area contributed by atoms with E-state index >= 15 is 0 Å². The Labute approximate surface area is 159 Å². The topological polar surface area (TPSA) is 38.1 Å². The summed E-state index contributed by atoms with van der Waals surface area (Å²) in [7, 11) is 0. The maximum Gasteiger partial charge on any atom is 0.416 e. The summed E-state index contributed by atoms with van der Waals surface area (Å²) in [6.45, 7) is 1.93. The average molecular weight is 382 g/mol. The highest BCUT2D eigenvalue weighted by atomic mass is 19.4. The number of phenolic OH excluding ortho intramolecular Hbond substituents is 1. The van der Waals surface area contributed by atoms with Gasteiger partial charge in [0, 0.05) is 11.6 Å². The molecule has 1 heterocycles. The van der Waals surface area contributed by atoms with E-state index in [1.54, 1.807) is 16.7 Å². The van der Waals surface area contributed by atoms with Crippen LogP contribution in [0.25, 0.3) is 22.4 Å². The van der Waals surface area contributed by atoms with Crippen molar-refractivity contribution in [1.29, 1.82) is 0 Å². The summed E-state index contributed by atoms with van der Waals surface area (Å²) in [5.41, 5.74) is 2.49. The summed E-state index contributed by atoms with van der Waals surface area (Å²) in [6, 6.07) is 17.9. The molecule has 6 heteroatoms. The third kappa shape index (κ3) is 3.33. The van der Waals surface area contributed by atoms with Crippen LogP contribution in [0.5, 0.6) is 5.75 Å². The lowest BCUT2D eigenvalue weighted by Gasteiger charge is -2.15. The van der Waals surface area contributed by atoms with Gasteiger partial charge in [-0.1, -0.05) is 42.0 Å². The van der Waals surface area contributed by atoms with Gasteiger partial charge in [-0.2, -0.15) is 13.2 Å². The Morgan fingerprint density at radius 3 is 2.50 bits per heavy atom. The quantitative estimate of drug-likeness (QED) is 0.487. The molecule has 0 amide bonds. The van der Waals surface area contributed by atoms with Crippen LogP contribution in [-0.4, -0.2) is 14.7 Å². The molecule has 0 bridgehead atoms. The third-order valence-corrected chi connectivity index (χ3v) is 4.66. The molecule has 0 aliphatic carbocycles. The fraction of sp³-hybridized carbons (Fsp3) is 0.136. The first-order valence-corrected chi connectivity index (χ1v) is 8.74. The fourth-order valence-corrected chi connectivity index (χ4v) is 3.38. The number of alkyl halides is 3.